The van der Waals surface area contributed by atoms with Crippen molar-refractivity contribution < 1.29 is 17.9 Å². The third-order valence-corrected chi connectivity index (χ3v) is 6.62. The quantitative estimate of drug-likeness (QED) is 0.550. The van der Waals surface area contributed by atoms with E-state index in [-0.39, 0.29) is 29.8 Å². The SMILES string of the molecule is O=C(C[C@@H]1CCS(=O)(=O)C1)N/N=C\c1cccc(OCc2ccccc2Cl)c1. The molecule has 2 aromatic carbocycles. The lowest BCUT2D eigenvalue weighted by Gasteiger charge is -2.08. The van der Waals surface area contributed by atoms with Gasteiger partial charge in [-0.25, -0.2) is 13.8 Å². The second kappa shape index (κ2) is 9.21. The molecule has 0 spiro atoms. The van der Waals surface area contributed by atoms with Crippen LogP contribution in [0.3, 0.4) is 0 Å². The Balaban J connectivity index is 1.50. The fourth-order valence-corrected chi connectivity index (χ4v) is 5.03. The number of rotatable bonds is 7. The fourth-order valence-electron chi connectivity index (χ4n) is 2.98. The molecule has 0 bridgehead atoms. The average Bonchev–Trinajstić information content (AvgIpc) is 3.00. The van der Waals surface area contributed by atoms with Crippen LogP contribution in [0.2, 0.25) is 5.02 Å². The minimum absolute atomic E-state index is 0.0783. The van der Waals surface area contributed by atoms with Crippen molar-refractivity contribution >= 4 is 33.6 Å². The van der Waals surface area contributed by atoms with Crippen LogP contribution in [0.15, 0.2) is 53.6 Å². The Hall–Kier alpha value is -2.38. The first kappa shape index (κ1) is 20.4. The lowest BCUT2D eigenvalue weighted by molar-refractivity contribution is -0.121. The Morgan fingerprint density at radius 1 is 1.25 bits per heavy atom. The van der Waals surface area contributed by atoms with Crippen molar-refractivity contribution in [1.29, 1.82) is 0 Å². The number of hydrogen-bond donors (Lipinski definition) is 1. The van der Waals surface area contributed by atoms with E-state index in [1.165, 1.54) is 6.21 Å². The van der Waals surface area contributed by atoms with Crippen molar-refractivity contribution in [1.82, 2.24) is 5.43 Å². The van der Waals surface area contributed by atoms with Crippen molar-refractivity contribution in [3.05, 3.63) is 64.7 Å². The molecule has 1 heterocycles. The standard InChI is InChI=1S/C20H21ClN2O4S/c21-19-7-2-1-5-17(19)13-27-18-6-3-4-15(10-18)12-22-23-20(24)11-16-8-9-28(25,26)14-16/h1-7,10,12,16H,8-9,11,13-14H2,(H,23,24)/b22-12-/t16-/m0/s1. The first-order valence-corrected chi connectivity index (χ1v) is 11.1. The average molecular weight is 421 g/mol. The number of benzene rings is 2. The summed E-state index contributed by atoms with van der Waals surface area (Å²) in [6.07, 6.45) is 2.22. The molecule has 1 saturated heterocycles. The third-order valence-electron chi connectivity index (χ3n) is 4.41. The van der Waals surface area contributed by atoms with Gasteiger partial charge in [-0.1, -0.05) is 41.9 Å². The Kier molecular flexibility index (Phi) is 6.70. The highest BCUT2D eigenvalue weighted by atomic mass is 35.5. The molecule has 0 unspecified atom stereocenters. The summed E-state index contributed by atoms with van der Waals surface area (Å²) in [7, 11) is -2.98. The summed E-state index contributed by atoms with van der Waals surface area (Å²) >= 11 is 6.12. The van der Waals surface area contributed by atoms with Gasteiger partial charge in [0.25, 0.3) is 0 Å². The maximum Gasteiger partial charge on any atom is 0.240 e. The van der Waals surface area contributed by atoms with E-state index in [9.17, 15) is 13.2 Å². The van der Waals surface area contributed by atoms with Gasteiger partial charge in [-0.15, -0.1) is 0 Å². The molecule has 1 atom stereocenters. The van der Waals surface area contributed by atoms with Gasteiger partial charge in [0, 0.05) is 17.0 Å². The summed E-state index contributed by atoms with van der Waals surface area (Å²) in [5.41, 5.74) is 4.10. The van der Waals surface area contributed by atoms with Gasteiger partial charge in [0.2, 0.25) is 5.91 Å². The highest BCUT2D eigenvalue weighted by Crippen LogP contribution is 2.21. The highest BCUT2D eigenvalue weighted by molar-refractivity contribution is 7.91. The summed E-state index contributed by atoms with van der Waals surface area (Å²) in [6, 6.07) is 14.8. The molecule has 3 rings (SSSR count). The predicted octanol–water partition coefficient (Wildman–Crippen LogP) is 3.19. The predicted molar refractivity (Wildman–Crippen MR) is 109 cm³/mol. The summed E-state index contributed by atoms with van der Waals surface area (Å²) in [5, 5.41) is 4.59. The molecular formula is C20H21ClN2O4S. The van der Waals surface area contributed by atoms with Crippen molar-refractivity contribution in [2.45, 2.75) is 19.4 Å². The molecule has 0 aromatic heterocycles. The topological polar surface area (TPSA) is 84.8 Å². The van der Waals surface area contributed by atoms with Gasteiger partial charge >= 0.3 is 0 Å². The van der Waals surface area contributed by atoms with E-state index in [2.05, 4.69) is 10.5 Å². The zero-order chi connectivity index (χ0) is 20.0. The second-order valence-corrected chi connectivity index (χ2v) is 9.35. The second-order valence-electron chi connectivity index (χ2n) is 6.72. The van der Waals surface area contributed by atoms with E-state index in [0.29, 0.717) is 23.8 Å². The Labute approximate surface area is 169 Å². The third kappa shape index (κ3) is 6.07. The van der Waals surface area contributed by atoms with Crippen LogP contribution in [0, 0.1) is 5.92 Å². The number of nitrogens with one attached hydrogen (secondary N) is 1. The van der Waals surface area contributed by atoms with Crippen LogP contribution in [0.5, 0.6) is 5.75 Å². The zero-order valence-corrected chi connectivity index (χ0v) is 16.7. The molecule has 8 heteroatoms. The van der Waals surface area contributed by atoms with Gasteiger partial charge in [0.05, 0.1) is 17.7 Å². The maximum absolute atomic E-state index is 11.9. The minimum Gasteiger partial charge on any atom is -0.489 e. The molecule has 1 amide bonds. The number of hydrazone groups is 1. The van der Waals surface area contributed by atoms with Crippen LogP contribution in [-0.2, 0) is 21.2 Å². The van der Waals surface area contributed by atoms with E-state index >= 15 is 0 Å². The van der Waals surface area contributed by atoms with Crippen molar-refractivity contribution in [2.24, 2.45) is 11.0 Å². The lowest BCUT2D eigenvalue weighted by atomic mass is 10.1. The van der Waals surface area contributed by atoms with E-state index in [0.717, 1.165) is 11.1 Å². The largest absolute Gasteiger partial charge is 0.489 e. The van der Waals surface area contributed by atoms with Gasteiger partial charge in [0.15, 0.2) is 9.84 Å². The van der Waals surface area contributed by atoms with Crippen molar-refractivity contribution in [3.8, 4) is 5.75 Å². The molecule has 6 nitrogen and oxygen atoms in total. The number of hydrogen-bond acceptors (Lipinski definition) is 5. The van der Waals surface area contributed by atoms with Gasteiger partial charge in [-0.2, -0.15) is 5.10 Å². The number of carbonyl (C=O) groups is 1. The molecule has 1 fully saturated rings. The summed E-state index contributed by atoms with van der Waals surface area (Å²) < 4.78 is 28.6. The van der Waals surface area contributed by atoms with E-state index in [1.54, 1.807) is 6.07 Å². The van der Waals surface area contributed by atoms with Crippen LogP contribution in [-0.4, -0.2) is 32.0 Å². The molecule has 28 heavy (non-hydrogen) atoms. The number of nitrogens with zero attached hydrogens (tertiary/aromatic N) is 1. The zero-order valence-electron chi connectivity index (χ0n) is 15.2. The highest BCUT2D eigenvalue weighted by Gasteiger charge is 2.29. The van der Waals surface area contributed by atoms with Crippen LogP contribution < -0.4 is 10.2 Å². The molecule has 1 N–H and O–H groups in total. The maximum atomic E-state index is 11.9. The fraction of sp³-hybridized carbons (Fsp3) is 0.300. The van der Waals surface area contributed by atoms with Gasteiger partial charge in [-0.3, -0.25) is 4.79 Å². The van der Waals surface area contributed by atoms with E-state index in [4.69, 9.17) is 16.3 Å². The molecule has 1 aliphatic rings. The molecule has 1 aliphatic heterocycles. The molecule has 0 aliphatic carbocycles. The van der Waals surface area contributed by atoms with Crippen molar-refractivity contribution in [2.75, 3.05) is 11.5 Å². The number of halogens is 1. The van der Waals surface area contributed by atoms with Crippen LogP contribution in [0.4, 0.5) is 0 Å². The van der Waals surface area contributed by atoms with E-state index in [1.807, 2.05) is 42.5 Å². The van der Waals surface area contributed by atoms with E-state index < -0.39 is 9.84 Å². The molecule has 0 radical (unpaired) electrons. The van der Waals surface area contributed by atoms with Crippen LogP contribution in [0.1, 0.15) is 24.0 Å². The number of amides is 1. The number of ether oxygens (including phenoxy) is 1. The number of sulfone groups is 1. The minimum atomic E-state index is -2.98. The smallest absolute Gasteiger partial charge is 0.240 e. The molecule has 0 saturated carbocycles. The number of carbonyl (C=O) groups excluding carboxylic acids is 1. The summed E-state index contributed by atoms with van der Waals surface area (Å²) in [6.45, 7) is 0.349. The van der Waals surface area contributed by atoms with Crippen molar-refractivity contribution in [3.63, 3.8) is 0 Å². The Morgan fingerprint density at radius 3 is 2.82 bits per heavy atom. The van der Waals surface area contributed by atoms with Crippen LogP contribution in [0.25, 0.3) is 0 Å². The summed E-state index contributed by atoms with van der Waals surface area (Å²) in [5.74, 6) is 0.488. The van der Waals surface area contributed by atoms with Gasteiger partial charge in [-0.05, 0) is 36.1 Å². The first-order chi connectivity index (χ1) is 13.4. The van der Waals surface area contributed by atoms with Gasteiger partial charge < -0.3 is 4.74 Å². The van der Waals surface area contributed by atoms with Gasteiger partial charge in [0.1, 0.15) is 12.4 Å². The Bertz CT molecular complexity index is 976. The summed E-state index contributed by atoms with van der Waals surface area (Å²) in [4.78, 5) is 11.9. The first-order valence-electron chi connectivity index (χ1n) is 8.90. The molecular weight excluding hydrogens is 400 g/mol. The monoisotopic (exact) mass is 420 g/mol. The Morgan fingerprint density at radius 2 is 2.07 bits per heavy atom. The van der Waals surface area contributed by atoms with Crippen LogP contribution >= 0.6 is 11.6 Å². The lowest BCUT2D eigenvalue weighted by Crippen LogP contribution is -2.21. The molecule has 2 aromatic rings. The normalized spacial score (nSPS) is 18.2. The molecule has 148 valence electrons.